The summed E-state index contributed by atoms with van der Waals surface area (Å²) in [5.41, 5.74) is -3.58. The van der Waals surface area contributed by atoms with Gasteiger partial charge in [-0.3, -0.25) is 58.6 Å². The number of hydrogen-bond acceptors (Lipinski definition) is 20. The Bertz CT molecular complexity index is 1640. The number of esters is 4. The fourth-order valence-electron chi connectivity index (χ4n) is 5.60. The van der Waals surface area contributed by atoms with Crippen LogP contribution in [0, 0.1) is 0 Å². The van der Waals surface area contributed by atoms with E-state index in [-0.39, 0.29) is 65.9 Å². The molecule has 0 saturated heterocycles. The van der Waals surface area contributed by atoms with Crippen LogP contribution in [-0.4, -0.2) is 195 Å². The number of aliphatic carboxylic acids is 2. The average molecular weight is 1040 g/mol. The standard InChI is InChI=1S/C46H80N6O20/c1-43(2,3)69-35(57)23-29(49-27-33(53)54)41(63)51-31(25-37(59)71-45(7,8)9)39(61)47-13-15-65-17-19-67-21-22-68-20-18-66-16-14-48-40(62)32(26-38(60)72-46(10,11)12)52-42(64)30(50-28-34(55)56)24-36(58)70-44(4,5)6/h29-32,49-50H,13-28H2,1-12H3,(H,47,61)(H,48,62)(H,51,63)(H,52,64)(H,53,54)(H,55,56). The Balaban J connectivity index is 4.90. The molecule has 0 aliphatic heterocycles. The maximum atomic E-state index is 13.2. The molecule has 0 aliphatic carbocycles. The molecular formula is C46H80N6O20. The molecule has 0 aliphatic rings. The van der Waals surface area contributed by atoms with Crippen molar-refractivity contribution in [2.24, 2.45) is 0 Å². The Kier molecular flexibility index (Phi) is 30.7. The van der Waals surface area contributed by atoms with Crippen LogP contribution in [0.3, 0.4) is 0 Å². The van der Waals surface area contributed by atoms with Crippen LogP contribution < -0.4 is 31.9 Å². The summed E-state index contributed by atoms with van der Waals surface area (Å²) in [5, 5.41) is 33.1. The maximum absolute atomic E-state index is 13.2. The van der Waals surface area contributed by atoms with Crippen LogP contribution in [0.4, 0.5) is 0 Å². The monoisotopic (exact) mass is 1040 g/mol. The second kappa shape index (κ2) is 33.2. The number of ether oxygens (including phenoxy) is 8. The molecule has 0 aromatic carbocycles. The van der Waals surface area contributed by atoms with Crippen molar-refractivity contribution in [3.63, 3.8) is 0 Å². The highest BCUT2D eigenvalue weighted by molar-refractivity contribution is 5.95. The smallest absolute Gasteiger partial charge is 0.317 e. The van der Waals surface area contributed by atoms with Crippen molar-refractivity contribution in [3.8, 4) is 0 Å². The number of hydrogen-bond donors (Lipinski definition) is 8. The summed E-state index contributed by atoms with van der Waals surface area (Å²) >= 11 is 0. The third-order valence-corrected chi connectivity index (χ3v) is 8.27. The minimum atomic E-state index is -1.46. The number of carboxylic acid groups (broad SMARTS) is 2. The van der Waals surface area contributed by atoms with Gasteiger partial charge >= 0.3 is 35.8 Å². The molecule has 0 aromatic rings. The fraction of sp³-hybridized carbons (Fsp3) is 0.783. The number of carbonyl (C=O) groups excluding carboxylic acids is 8. The second-order valence-corrected chi connectivity index (χ2v) is 20.0. The minimum absolute atomic E-state index is 0.0271. The molecular weight excluding hydrogens is 957 g/mol. The van der Waals surface area contributed by atoms with Gasteiger partial charge in [0, 0.05) is 13.1 Å². The lowest BCUT2D eigenvalue weighted by atomic mass is 10.1. The van der Waals surface area contributed by atoms with E-state index in [0.29, 0.717) is 0 Å². The quantitative estimate of drug-likeness (QED) is 0.0220. The Labute approximate surface area is 421 Å². The third-order valence-electron chi connectivity index (χ3n) is 8.27. The predicted molar refractivity (Wildman–Crippen MR) is 254 cm³/mol. The number of rotatable bonds is 35. The van der Waals surface area contributed by atoms with Crippen molar-refractivity contribution in [2.75, 3.05) is 79.0 Å². The summed E-state index contributed by atoms with van der Waals surface area (Å²) in [4.78, 5) is 125. The summed E-state index contributed by atoms with van der Waals surface area (Å²) in [6.07, 6.45) is -2.27. The summed E-state index contributed by atoms with van der Waals surface area (Å²) in [6.45, 7) is 19.1. The molecule has 0 fully saturated rings. The molecule has 0 rings (SSSR count). The van der Waals surface area contributed by atoms with Crippen molar-refractivity contribution in [1.82, 2.24) is 31.9 Å². The lowest BCUT2D eigenvalue weighted by Gasteiger charge is -2.25. The van der Waals surface area contributed by atoms with Gasteiger partial charge in [-0.15, -0.1) is 0 Å². The molecule has 8 N–H and O–H groups in total. The van der Waals surface area contributed by atoms with Crippen molar-refractivity contribution in [1.29, 1.82) is 0 Å². The van der Waals surface area contributed by atoms with E-state index >= 15 is 0 Å². The van der Waals surface area contributed by atoms with Crippen LogP contribution in [0.2, 0.25) is 0 Å². The molecule has 0 aromatic heterocycles. The van der Waals surface area contributed by atoms with Crippen LogP contribution in [0.15, 0.2) is 0 Å². The molecule has 4 amide bonds. The van der Waals surface area contributed by atoms with E-state index in [0.717, 1.165) is 0 Å². The topological polar surface area (TPSA) is 357 Å². The summed E-state index contributed by atoms with van der Waals surface area (Å²) in [7, 11) is 0. The van der Waals surface area contributed by atoms with E-state index in [2.05, 4.69) is 31.9 Å². The van der Waals surface area contributed by atoms with E-state index < -0.39 is 145 Å². The number of carbonyl (C=O) groups is 10. The van der Waals surface area contributed by atoms with Gasteiger partial charge in [0.1, 0.15) is 34.5 Å². The summed E-state index contributed by atoms with van der Waals surface area (Å²) < 4.78 is 43.1. The van der Waals surface area contributed by atoms with Gasteiger partial charge in [-0.2, -0.15) is 0 Å². The van der Waals surface area contributed by atoms with Gasteiger partial charge in [-0.25, -0.2) is 0 Å². The Hall–Kier alpha value is -5.54. The lowest BCUT2D eigenvalue weighted by molar-refractivity contribution is -0.158. The SMILES string of the molecule is CC(C)(C)OC(=O)CC(NCC(=O)O)C(=O)NC(CC(=O)OC(C)(C)C)C(=O)NCCOCCOCCOCCOCCNC(=O)C(CC(=O)OC(C)(C)C)NC(=O)C(CC(=O)OC(C)(C)C)NCC(=O)O. The van der Waals surface area contributed by atoms with E-state index in [9.17, 15) is 47.9 Å². The molecule has 0 heterocycles. The van der Waals surface area contributed by atoms with Gasteiger partial charge < -0.3 is 69.4 Å². The first-order chi connectivity index (χ1) is 33.2. The van der Waals surface area contributed by atoms with Crippen molar-refractivity contribution in [2.45, 2.75) is 155 Å². The Morgan fingerprint density at radius 1 is 0.361 bits per heavy atom. The zero-order valence-corrected chi connectivity index (χ0v) is 43.9. The van der Waals surface area contributed by atoms with Crippen LogP contribution in [0.1, 0.15) is 109 Å². The van der Waals surface area contributed by atoms with E-state index in [1.807, 2.05) is 0 Å². The molecule has 26 heteroatoms. The van der Waals surface area contributed by atoms with Crippen molar-refractivity contribution in [3.05, 3.63) is 0 Å². The molecule has 0 saturated carbocycles. The van der Waals surface area contributed by atoms with Gasteiger partial charge in [-0.1, -0.05) is 0 Å². The van der Waals surface area contributed by atoms with Crippen LogP contribution in [0.25, 0.3) is 0 Å². The first-order valence-electron chi connectivity index (χ1n) is 23.4. The van der Waals surface area contributed by atoms with Crippen molar-refractivity contribution < 1.29 is 96.1 Å². The molecule has 72 heavy (non-hydrogen) atoms. The predicted octanol–water partition coefficient (Wildman–Crippen LogP) is -0.732. The zero-order chi connectivity index (χ0) is 55.3. The van der Waals surface area contributed by atoms with E-state index in [1.165, 1.54) is 0 Å². The van der Waals surface area contributed by atoms with Gasteiger partial charge in [0.2, 0.25) is 23.6 Å². The molecule has 26 nitrogen and oxygen atoms in total. The first kappa shape index (κ1) is 66.5. The molecule has 4 atom stereocenters. The summed E-state index contributed by atoms with van der Waals surface area (Å²) in [6, 6.07) is -5.74. The average Bonchev–Trinajstić information content (AvgIpc) is 3.20. The molecule has 4 unspecified atom stereocenters. The molecule has 0 bridgehead atoms. The second-order valence-electron chi connectivity index (χ2n) is 20.0. The number of amides is 4. The van der Waals surface area contributed by atoms with Crippen LogP contribution >= 0.6 is 0 Å². The molecule has 414 valence electrons. The van der Waals surface area contributed by atoms with Gasteiger partial charge in [0.05, 0.1) is 104 Å². The summed E-state index contributed by atoms with van der Waals surface area (Å²) in [5.74, 6) is -9.19. The highest BCUT2D eigenvalue weighted by Gasteiger charge is 2.34. The maximum Gasteiger partial charge on any atom is 0.317 e. The van der Waals surface area contributed by atoms with Gasteiger partial charge in [0.25, 0.3) is 0 Å². The van der Waals surface area contributed by atoms with Crippen LogP contribution in [0.5, 0.6) is 0 Å². The van der Waals surface area contributed by atoms with E-state index in [4.69, 9.17) is 48.1 Å². The van der Waals surface area contributed by atoms with E-state index in [1.54, 1.807) is 83.1 Å². The van der Waals surface area contributed by atoms with Gasteiger partial charge in [0.15, 0.2) is 0 Å². The molecule has 0 spiro atoms. The number of carboxylic acids is 2. The Morgan fingerprint density at radius 3 is 0.833 bits per heavy atom. The largest absolute Gasteiger partial charge is 0.480 e. The minimum Gasteiger partial charge on any atom is -0.480 e. The molecule has 0 radical (unpaired) electrons. The highest BCUT2D eigenvalue weighted by atomic mass is 16.6. The van der Waals surface area contributed by atoms with Crippen LogP contribution in [-0.2, 0) is 85.8 Å². The third kappa shape index (κ3) is 37.3. The first-order valence-corrected chi connectivity index (χ1v) is 23.4. The Morgan fingerprint density at radius 2 is 0.597 bits per heavy atom. The number of nitrogens with one attached hydrogen (secondary N) is 6. The zero-order valence-electron chi connectivity index (χ0n) is 43.9. The normalized spacial score (nSPS) is 13.6. The lowest BCUT2D eigenvalue weighted by Crippen LogP contribution is -2.55. The van der Waals surface area contributed by atoms with Crippen molar-refractivity contribution >= 4 is 59.4 Å². The fourth-order valence-corrected chi connectivity index (χ4v) is 5.60. The highest BCUT2D eigenvalue weighted by Crippen LogP contribution is 2.14. The van der Waals surface area contributed by atoms with Gasteiger partial charge in [-0.05, 0) is 83.1 Å².